The lowest BCUT2D eigenvalue weighted by atomic mass is 9.87. The second-order valence-corrected chi connectivity index (χ2v) is 9.62. The van der Waals surface area contributed by atoms with E-state index in [0.29, 0.717) is 16.5 Å². The number of nitrogens with one attached hydrogen (secondary N) is 1. The Morgan fingerprint density at radius 1 is 1.07 bits per heavy atom. The van der Waals surface area contributed by atoms with Gasteiger partial charge in [-0.15, -0.1) is 11.3 Å². The number of thioether (sulfide) groups is 1. The fourth-order valence-electron chi connectivity index (χ4n) is 3.78. The number of thiazole rings is 1. The average Bonchev–Trinajstić information content (AvgIpc) is 3.40. The standard InChI is InChI=1S/C19H14N2O4S3/c1-25-10-6-4-9(5-7-10)21-17(22)13-12(11-3-2-8-26-11)14-16(20-19(24)28-14)27-15(13)18(21)23/h2-8,12-13,15H,1H3,(H,20,24)/t12-,13?,15?/m1/s1. The normalized spacial score (nSPS) is 23.6. The highest BCUT2D eigenvalue weighted by atomic mass is 32.2. The van der Waals surface area contributed by atoms with E-state index in [2.05, 4.69) is 4.98 Å². The number of H-pyrrole nitrogens is 1. The van der Waals surface area contributed by atoms with Gasteiger partial charge in [-0.25, -0.2) is 4.90 Å². The van der Waals surface area contributed by atoms with E-state index in [9.17, 15) is 14.4 Å². The molecule has 3 aromatic rings. The maximum atomic E-state index is 13.4. The van der Waals surface area contributed by atoms with Crippen molar-refractivity contribution in [2.75, 3.05) is 12.0 Å². The molecule has 0 saturated carbocycles. The molecule has 5 rings (SSSR count). The largest absolute Gasteiger partial charge is 0.497 e. The monoisotopic (exact) mass is 430 g/mol. The van der Waals surface area contributed by atoms with Crippen LogP contribution in [0.5, 0.6) is 5.75 Å². The highest BCUT2D eigenvalue weighted by molar-refractivity contribution is 8.00. The number of methoxy groups -OCH3 is 1. The lowest BCUT2D eigenvalue weighted by Gasteiger charge is -2.28. The summed E-state index contributed by atoms with van der Waals surface area (Å²) in [6.07, 6.45) is 0. The number of amides is 2. The van der Waals surface area contributed by atoms with Gasteiger partial charge >= 0.3 is 4.87 Å². The molecule has 2 unspecified atom stereocenters. The summed E-state index contributed by atoms with van der Waals surface area (Å²) in [5.41, 5.74) is 0.535. The summed E-state index contributed by atoms with van der Waals surface area (Å²) in [6.45, 7) is 0. The van der Waals surface area contributed by atoms with Crippen LogP contribution in [0, 0.1) is 5.92 Å². The number of aromatic amines is 1. The number of ether oxygens (including phenoxy) is 1. The molecular formula is C19H14N2O4S3. The highest BCUT2D eigenvalue weighted by Gasteiger charge is 2.56. The molecule has 2 aliphatic rings. The molecular weight excluding hydrogens is 416 g/mol. The summed E-state index contributed by atoms with van der Waals surface area (Å²) < 4.78 is 5.17. The molecule has 2 aliphatic heterocycles. The number of benzene rings is 1. The third kappa shape index (κ3) is 2.57. The Hall–Kier alpha value is -2.36. The van der Waals surface area contributed by atoms with Crippen molar-refractivity contribution >= 4 is 51.9 Å². The van der Waals surface area contributed by atoms with Crippen molar-refractivity contribution in [1.82, 2.24) is 4.98 Å². The first-order valence-electron chi connectivity index (χ1n) is 8.53. The van der Waals surface area contributed by atoms with E-state index in [0.717, 1.165) is 21.1 Å². The maximum absolute atomic E-state index is 13.4. The fourth-order valence-corrected chi connectivity index (χ4v) is 7.24. The number of imide groups is 1. The zero-order chi connectivity index (χ0) is 19.4. The number of thiophene rings is 1. The molecule has 9 heteroatoms. The van der Waals surface area contributed by atoms with Crippen LogP contribution in [0.15, 0.2) is 51.6 Å². The van der Waals surface area contributed by atoms with Gasteiger partial charge in [0, 0.05) is 15.7 Å². The molecule has 4 heterocycles. The van der Waals surface area contributed by atoms with Crippen molar-refractivity contribution in [2.45, 2.75) is 16.2 Å². The predicted octanol–water partition coefficient (Wildman–Crippen LogP) is 3.30. The van der Waals surface area contributed by atoms with Crippen molar-refractivity contribution in [1.29, 1.82) is 0 Å². The van der Waals surface area contributed by atoms with Gasteiger partial charge in [-0.05, 0) is 35.7 Å². The van der Waals surface area contributed by atoms with Crippen molar-refractivity contribution in [3.63, 3.8) is 0 Å². The van der Waals surface area contributed by atoms with Gasteiger partial charge in [-0.3, -0.25) is 14.4 Å². The lowest BCUT2D eigenvalue weighted by Crippen LogP contribution is -2.32. The summed E-state index contributed by atoms with van der Waals surface area (Å²) in [7, 11) is 1.57. The first kappa shape index (κ1) is 17.7. The number of fused-ring (bicyclic) bond motifs is 2. The number of hydrogen-bond acceptors (Lipinski definition) is 7. The zero-order valence-corrected chi connectivity index (χ0v) is 17.0. The maximum Gasteiger partial charge on any atom is 0.305 e. The van der Waals surface area contributed by atoms with Crippen LogP contribution in [-0.2, 0) is 9.59 Å². The molecule has 28 heavy (non-hydrogen) atoms. The molecule has 1 aromatic carbocycles. The fraction of sp³-hybridized carbons (Fsp3) is 0.211. The van der Waals surface area contributed by atoms with E-state index in [1.807, 2.05) is 17.5 Å². The van der Waals surface area contributed by atoms with Crippen molar-refractivity contribution in [3.8, 4) is 5.75 Å². The Labute approximate surface area is 172 Å². The summed E-state index contributed by atoms with van der Waals surface area (Å²) in [5, 5.41) is 2.09. The Bertz CT molecular complexity index is 1120. The van der Waals surface area contributed by atoms with Gasteiger partial charge in [0.05, 0.1) is 23.7 Å². The first-order valence-corrected chi connectivity index (χ1v) is 11.1. The number of hydrogen-bond donors (Lipinski definition) is 1. The third-order valence-corrected chi connectivity index (χ3v) is 8.36. The van der Waals surface area contributed by atoms with Crippen LogP contribution in [0.3, 0.4) is 0 Å². The van der Waals surface area contributed by atoms with E-state index >= 15 is 0 Å². The van der Waals surface area contributed by atoms with Gasteiger partial charge in [0.25, 0.3) is 0 Å². The van der Waals surface area contributed by atoms with Crippen LogP contribution in [0.4, 0.5) is 5.69 Å². The molecule has 2 amide bonds. The Kier molecular flexibility index (Phi) is 4.18. The van der Waals surface area contributed by atoms with Crippen LogP contribution in [0.25, 0.3) is 0 Å². The smallest absolute Gasteiger partial charge is 0.305 e. The number of rotatable bonds is 3. The van der Waals surface area contributed by atoms with Crippen LogP contribution in [0.1, 0.15) is 15.7 Å². The van der Waals surface area contributed by atoms with E-state index in [1.54, 1.807) is 31.4 Å². The predicted molar refractivity (Wildman–Crippen MR) is 110 cm³/mol. The Morgan fingerprint density at radius 3 is 2.54 bits per heavy atom. The number of carbonyl (C=O) groups is 2. The van der Waals surface area contributed by atoms with Gasteiger partial charge < -0.3 is 9.72 Å². The lowest BCUT2D eigenvalue weighted by molar-refractivity contribution is -0.122. The Balaban J connectivity index is 1.61. The molecule has 2 aromatic heterocycles. The van der Waals surface area contributed by atoms with Crippen LogP contribution in [0.2, 0.25) is 0 Å². The SMILES string of the molecule is COc1ccc(N2C(=O)C3Sc4[nH]c(=O)sc4[C@H](c4cccs4)C3C2=O)cc1. The average molecular weight is 431 g/mol. The van der Waals surface area contributed by atoms with Crippen LogP contribution in [-0.4, -0.2) is 29.2 Å². The first-order chi connectivity index (χ1) is 13.6. The minimum atomic E-state index is -0.556. The van der Waals surface area contributed by atoms with E-state index in [4.69, 9.17) is 4.74 Å². The summed E-state index contributed by atoms with van der Waals surface area (Å²) in [5.74, 6) is -0.630. The van der Waals surface area contributed by atoms with Crippen molar-refractivity contribution in [3.05, 3.63) is 61.2 Å². The van der Waals surface area contributed by atoms with Crippen LogP contribution < -0.4 is 14.5 Å². The summed E-state index contributed by atoms with van der Waals surface area (Å²) in [6, 6.07) is 10.8. The quantitative estimate of drug-likeness (QED) is 0.645. The van der Waals surface area contributed by atoms with Gasteiger partial charge in [-0.1, -0.05) is 29.2 Å². The molecule has 0 aliphatic carbocycles. The number of aromatic nitrogens is 1. The molecule has 0 radical (unpaired) electrons. The minimum absolute atomic E-state index is 0.161. The summed E-state index contributed by atoms with van der Waals surface area (Å²) in [4.78, 5) is 44.4. The number of carbonyl (C=O) groups excluding carboxylic acids is 2. The Morgan fingerprint density at radius 2 is 1.86 bits per heavy atom. The number of nitrogens with zero attached hydrogens (tertiary/aromatic N) is 1. The third-order valence-electron chi connectivity index (χ3n) is 5.00. The number of anilines is 1. The summed E-state index contributed by atoms with van der Waals surface area (Å²) >= 11 is 3.96. The van der Waals surface area contributed by atoms with E-state index in [1.165, 1.54) is 28.0 Å². The minimum Gasteiger partial charge on any atom is -0.497 e. The van der Waals surface area contributed by atoms with Crippen molar-refractivity contribution in [2.24, 2.45) is 5.92 Å². The topological polar surface area (TPSA) is 79.5 Å². The van der Waals surface area contributed by atoms with Gasteiger partial charge in [-0.2, -0.15) is 0 Å². The molecule has 0 spiro atoms. The van der Waals surface area contributed by atoms with Crippen molar-refractivity contribution < 1.29 is 14.3 Å². The van der Waals surface area contributed by atoms with Crippen LogP contribution >= 0.6 is 34.4 Å². The van der Waals surface area contributed by atoms with Gasteiger partial charge in [0.2, 0.25) is 11.8 Å². The van der Waals surface area contributed by atoms with Gasteiger partial charge in [0.15, 0.2) is 0 Å². The van der Waals surface area contributed by atoms with E-state index in [-0.39, 0.29) is 22.6 Å². The van der Waals surface area contributed by atoms with E-state index < -0.39 is 11.2 Å². The molecule has 1 saturated heterocycles. The zero-order valence-electron chi connectivity index (χ0n) is 14.6. The molecule has 1 fully saturated rings. The second-order valence-electron chi connectivity index (χ2n) is 6.48. The second kappa shape index (κ2) is 6.61. The molecule has 3 atom stereocenters. The molecule has 6 nitrogen and oxygen atoms in total. The molecule has 1 N–H and O–H groups in total. The van der Waals surface area contributed by atoms with Gasteiger partial charge in [0.1, 0.15) is 11.0 Å². The molecule has 142 valence electrons. The molecule has 0 bridgehead atoms. The highest BCUT2D eigenvalue weighted by Crippen LogP contribution is 2.53.